The van der Waals surface area contributed by atoms with Crippen molar-refractivity contribution in [2.45, 2.75) is 0 Å². The van der Waals surface area contributed by atoms with E-state index in [4.69, 9.17) is 23.2 Å². The Hall–Kier alpha value is -1.43. The zero-order valence-corrected chi connectivity index (χ0v) is 12.8. The van der Waals surface area contributed by atoms with Crippen LogP contribution in [0.3, 0.4) is 0 Å². The molecule has 2 heterocycles. The Bertz CT molecular complexity index is 744. The number of pyridine rings is 1. The second-order valence-electron chi connectivity index (χ2n) is 4.09. The molecule has 0 saturated heterocycles. The smallest absolute Gasteiger partial charge is 0.266 e. The van der Waals surface area contributed by atoms with Crippen molar-refractivity contribution in [1.29, 1.82) is 0 Å². The van der Waals surface area contributed by atoms with E-state index >= 15 is 0 Å². The first-order chi connectivity index (χ1) is 9.50. The molecule has 0 saturated carbocycles. The lowest BCUT2D eigenvalue weighted by atomic mass is 10.1. The summed E-state index contributed by atoms with van der Waals surface area (Å²) in [4.78, 5) is 29.6. The van der Waals surface area contributed by atoms with E-state index < -0.39 is 11.8 Å². The van der Waals surface area contributed by atoms with Gasteiger partial charge in [-0.05, 0) is 18.2 Å². The molecular formula is C13H5BrCl2N2O2. The van der Waals surface area contributed by atoms with Gasteiger partial charge in [0.15, 0.2) is 0 Å². The molecule has 4 nitrogen and oxygen atoms in total. The summed E-state index contributed by atoms with van der Waals surface area (Å²) in [6.45, 7) is 0. The second-order valence-corrected chi connectivity index (χ2v) is 5.82. The lowest BCUT2D eigenvalue weighted by Crippen LogP contribution is -2.30. The highest BCUT2D eigenvalue weighted by atomic mass is 79.9. The number of hydrogen-bond acceptors (Lipinski definition) is 3. The number of carbonyl (C=O) groups is 2. The lowest BCUT2D eigenvalue weighted by molar-refractivity contribution is 0.0926. The zero-order valence-electron chi connectivity index (χ0n) is 9.73. The molecule has 7 heteroatoms. The molecular weight excluding hydrogens is 367 g/mol. The maximum atomic E-state index is 12.4. The van der Waals surface area contributed by atoms with Crippen LogP contribution in [0.2, 0.25) is 10.0 Å². The van der Waals surface area contributed by atoms with Gasteiger partial charge in [0.05, 0.1) is 26.9 Å². The van der Waals surface area contributed by atoms with Crippen molar-refractivity contribution in [2.75, 3.05) is 4.90 Å². The van der Waals surface area contributed by atoms with Crippen LogP contribution in [0.4, 0.5) is 5.69 Å². The Morgan fingerprint density at radius 1 is 1.00 bits per heavy atom. The van der Waals surface area contributed by atoms with Crippen molar-refractivity contribution in [3.8, 4) is 0 Å². The molecule has 1 aliphatic heterocycles. The summed E-state index contributed by atoms with van der Waals surface area (Å²) in [7, 11) is 0. The van der Waals surface area contributed by atoms with E-state index in [1.807, 2.05) is 0 Å². The molecule has 0 fully saturated rings. The monoisotopic (exact) mass is 370 g/mol. The maximum absolute atomic E-state index is 12.4. The van der Waals surface area contributed by atoms with Crippen molar-refractivity contribution >= 4 is 56.6 Å². The van der Waals surface area contributed by atoms with E-state index in [1.165, 1.54) is 12.4 Å². The summed E-state index contributed by atoms with van der Waals surface area (Å²) in [5, 5.41) is 0.289. The highest BCUT2D eigenvalue weighted by molar-refractivity contribution is 9.10. The number of carbonyl (C=O) groups excluding carboxylic acids is 2. The van der Waals surface area contributed by atoms with Gasteiger partial charge in [-0.25, -0.2) is 4.90 Å². The Morgan fingerprint density at radius 3 is 2.25 bits per heavy atom. The molecule has 3 rings (SSSR count). The first-order valence-corrected chi connectivity index (χ1v) is 7.03. The Labute approximate surface area is 132 Å². The van der Waals surface area contributed by atoms with Gasteiger partial charge in [0.1, 0.15) is 0 Å². The first kappa shape index (κ1) is 13.5. The Morgan fingerprint density at radius 2 is 1.60 bits per heavy atom. The van der Waals surface area contributed by atoms with Gasteiger partial charge in [-0.3, -0.25) is 14.6 Å². The predicted molar refractivity (Wildman–Crippen MR) is 79.5 cm³/mol. The summed E-state index contributed by atoms with van der Waals surface area (Å²) in [6.07, 6.45) is 2.67. The molecule has 2 amide bonds. The fourth-order valence-electron chi connectivity index (χ4n) is 2.03. The number of halogens is 3. The number of hydrogen-bond donors (Lipinski definition) is 0. The second kappa shape index (κ2) is 4.84. The van der Waals surface area contributed by atoms with Gasteiger partial charge in [0.2, 0.25) is 0 Å². The molecule has 1 aromatic carbocycles. The highest BCUT2D eigenvalue weighted by Gasteiger charge is 2.38. The third kappa shape index (κ3) is 1.93. The zero-order chi connectivity index (χ0) is 14.4. The van der Waals surface area contributed by atoms with Crippen LogP contribution < -0.4 is 4.90 Å². The molecule has 0 aliphatic carbocycles. The van der Waals surface area contributed by atoms with Crippen LogP contribution >= 0.6 is 39.1 Å². The standard InChI is InChI=1S/C13H5BrCl2N2O2/c14-6-1-2-7-8(3-6)13(20)18(12(7)19)11-9(15)4-17-5-10(11)16/h1-5H. The Balaban J connectivity index is 2.20. The molecule has 1 aliphatic rings. The van der Waals surface area contributed by atoms with Crippen LogP contribution in [0.15, 0.2) is 35.1 Å². The van der Waals surface area contributed by atoms with Crippen LogP contribution in [0.5, 0.6) is 0 Å². The van der Waals surface area contributed by atoms with Crippen LogP contribution in [-0.4, -0.2) is 16.8 Å². The average molecular weight is 372 g/mol. The van der Waals surface area contributed by atoms with E-state index in [0.29, 0.717) is 15.6 Å². The van der Waals surface area contributed by atoms with Crippen molar-refractivity contribution < 1.29 is 9.59 Å². The van der Waals surface area contributed by atoms with Crippen LogP contribution in [0, 0.1) is 0 Å². The van der Waals surface area contributed by atoms with E-state index in [0.717, 1.165) is 4.90 Å². The summed E-state index contributed by atoms with van der Waals surface area (Å²) >= 11 is 15.3. The predicted octanol–water partition coefficient (Wildman–Crippen LogP) is 3.95. The van der Waals surface area contributed by atoms with Gasteiger partial charge >= 0.3 is 0 Å². The Kier molecular flexibility index (Phi) is 3.28. The van der Waals surface area contributed by atoms with Crippen molar-refractivity contribution in [3.63, 3.8) is 0 Å². The number of aromatic nitrogens is 1. The minimum Gasteiger partial charge on any atom is -0.268 e. The lowest BCUT2D eigenvalue weighted by Gasteiger charge is -2.16. The molecule has 20 heavy (non-hydrogen) atoms. The van der Waals surface area contributed by atoms with Gasteiger partial charge in [-0.15, -0.1) is 0 Å². The van der Waals surface area contributed by atoms with E-state index in [2.05, 4.69) is 20.9 Å². The first-order valence-electron chi connectivity index (χ1n) is 5.48. The van der Waals surface area contributed by atoms with Gasteiger partial charge < -0.3 is 0 Å². The maximum Gasteiger partial charge on any atom is 0.266 e. The normalized spacial score (nSPS) is 13.8. The number of amides is 2. The fraction of sp³-hybridized carbons (Fsp3) is 0. The minimum absolute atomic E-state index is 0.145. The quantitative estimate of drug-likeness (QED) is 0.713. The van der Waals surface area contributed by atoms with E-state index in [1.54, 1.807) is 18.2 Å². The molecule has 0 bridgehead atoms. The van der Waals surface area contributed by atoms with E-state index in [-0.39, 0.29) is 15.7 Å². The van der Waals surface area contributed by atoms with Crippen molar-refractivity contribution in [2.24, 2.45) is 0 Å². The number of benzene rings is 1. The number of imide groups is 1. The van der Waals surface area contributed by atoms with Crippen LogP contribution in [-0.2, 0) is 0 Å². The molecule has 2 aromatic rings. The number of nitrogens with zero attached hydrogens (tertiary/aromatic N) is 2. The molecule has 0 radical (unpaired) electrons. The van der Waals surface area contributed by atoms with Crippen molar-refractivity contribution in [1.82, 2.24) is 4.98 Å². The molecule has 0 atom stereocenters. The number of fused-ring (bicyclic) bond motifs is 1. The molecule has 0 unspecified atom stereocenters. The molecule has 1 aromatic heterocycles. The summed E-state index contributed by atoms with van der Waals surface area (Å²) in [5.41, 5.74) is 0.793. The largest absolute Gasteiger partial charge is 0.268 e. The van der Waals surface area contributed by atoms with Gasteiger partial charge in [0.25, 0.3) is 11.8 Å². The fourth-order valence-corrected chi connectivity index (χ4v) is 2.93. The third-order valence-electron chi connectivity index (χ3n) is 2.90. The van der Waals surface area contributed by atoms with E-state index in [9.17, 15) is 9.59 Å². The number of anilines is 1. The van der Waals surface area contributed by atoms with Crippen LogP contribution in [0.1, 0.15) is 20.7 Å². The topological polar surface area (TPSA) is 50.3 Å². The van der Waals surface area contributed by atoms with Gasteiger partial charge in [0, 0.05) is 16.9 Å². The SMILES string of the molecule is O=C1c2ccc(Br)cc2C(=O)N1c1c(Cl)cncc1Cl. The summed E-state index contributed by atoms with van der Waals surface area (Å²) in [5.74, 6) is -0.909. The number of rotatable bonds is 1. The van der Waals surface area contributed by atoms with Gasteiger partial charge in [-0.1, -0.05) is 39.1 Å². The third-order valence-corrected chi connectivity index (χ3v) is 3.95. The molecule has 0 N–H and O–H groups in total. The average Bonchev–Trinajstić information content (AvgIpc) is 2.63. The van der Waals surface area contributed by atoms with Crippen LogP contribution in [0.25, 0.3) is 0 Å². The summed E-state index contributed by atoms with van der Waals surface area (Å²) < 4.78 is 0.714. The molecule has 0 spiro atoms. The van der Waals surface area contributed by atoms with Crippen molar-refractivity contribution in [3.05, 3.63) is 56.2 Å². The minimum atomic E-state index is -0.457. The summed E-state index contributed by atoms with van der Waals surface area (Å²) in [6, 6.07) is 4.88. The molecule has 100 valence electrons. The highest BCUT2D eigenvalue weighted by Crippen LogP contribution is 2.38. The van der Waals surface area contributed by atoms with Gasteiger partial charge in [-0.2, -0.15) is 0 Å².